The van der Waals surface area contributed by atoms with Crippen molar-refractivity contribution in [3.05, 3.63) is 0 Å². The molecule has 5 saturated carbocycles. The zero-order valence-corrected chi connectivity index (χ0v) is 29.1. The van der Waals surface area contributed by atoms with Crippen LogP contribution in [0.4, 0.5) is 0 Å². The molecule has 8 heteroatoms. The van der Waals surface area contributed by atoms with Gasteiger partial charge in [0.25, 0.3) is 0 Å². The van der Waals surface area contributed by atoms with Gasteiger partial charge in [0.05, 0.1) is 37.1 Å². The Morgan fingerprint density at radius 2 is 1.60 bits per heavy atom. The van der Waals surface area contributed by atoms with Crippen LogP contribution in [0.15, 0.2) is 0 Å². The van der Waals surface area contributed by atoms with Crippen LogP contribution in [0.1, 0.15) is 114 Å². The number of hydrogen-bond donors (Lipinski definition) is 2. The number of hydrogen-bond acceptors (Lipinski definition) is 8. The molecule has 0 aromatic rings. The Balaban J connectivity index is 1.16. The number of rotatable bonds is 5. The Labute approximate surface area is 269 Å². The van der Waals surface area contributed by atoms with E-state index < -0.39 is 35.3 Å². The topological polar surface area (TPSA) is 112 Å². The van der Waals surface area contributed by atoms with Gasteiger partial charge in [-0.15, -0.1) is 0 Å². The highest BCUT2D eigenvalue weighted by molar-refractivity contribution is 5.77. The van der Waals surface area contributed by atoms with Crippen LogP contribution in [-0.2, 0) is 28.5 Å². The molecule has 2 aliphatic heterocycles. The lowest BCUT2D eigenvalue weighted by Crippen LogP contribution is -2.60. The Morgan fingerprint density at radius 3 is 2.20 bits per heavy atom. The fourth-order valence-corrected chi connectivity index (χ4v) is 13.4. The second-order valence-electron chi connectivity index (χ2n) is 18.7. The molecule has 2 N–H and O–H groups in total. The summed E-state index contributed by atoms with van der Waals surface area (Å²) in [5.41, 5.74) is -1.84. The van der Waals surface area contributed by atoms with Gasteiger partial charge in [0, 0.05) is 17.8 Å². The average Bonchev–Trinajstić information content (AvgIpc) is 3.55. The van der Waals surface area contributed by atoms with Gasteiger partial charge in [0.15, 0.2) is 6.10 Å². The monoisotopic (exact) mass is 630 g/mol. The minimum absolute atomic E-state index is 0.0799. The summed E-state index contributed by atoms with van der Waals surface area (Å²) in [6, 6.07) is 0. The van der Waals surface area contributed by atoms with Crippen molar-refractivity contribution in [1.29, 1.82) is 0 Å². The SMILES string of the molecule is CC(=O)O[C@@H]([C@@H]1C[C@@H](C)[C@H]2[C@H](O1)[C@H](O)[C@@]1(C)[C@@H]3CC[C@H]4C(C)(C)[C@@H](OC(=O)C5(C)COC5)CC[C@@]45C[C@@]35CC[C@]21C)C(C)(C)O. The Hall–Kier alpha value is -1.22. The molecule has 0 aromatic carbocycles. The Morgan fingerprint density at radius 1 is 0.956 bits per heavy atom. The van der Waals surface area contributed by atoms with Gasteiger partial charge in [-0.25, -0.2) is 0 Å². The van der Waals surface area contributed by atoms with Gasteiger partial charge in [0.2, 0.25) is 0 Å². The van der Waals surface area contributed by atoms with Crippen LogP contribution >= 0.6 is 0 Å². The van der Waals surface area contributed by atoms with E-state index in [-0.39, 0.29) is 57.1 Å². The third-order valence-electron chi connectivity index (χ3n) is 15.7. The molecule has 2 spiro atoms. The first-order valence-electron chi connectivity index (χ1n) is 17.8. The van der Waals surface area contributed by atoms with Crippen LogP contribution in [0, 0.1) is 56.2 Å². The van der Waals surface area contributed by atoms with Gasteiger partial charge in [-0.05, 0) is 112 Å². The maximum absolute atomic E-state index is 13.2. The molecule has 7 fully saturated rings. The summed E-state index contributed by atoms with van der Waals surface area (Å²) < 4.78 is 24.2. The van der Waals surface area contributed by atoms with Crippen LogP contribution < -0.4 is 0 Å². The van der Waals surface area contributed by atoms with Gasteiger partial charge in [0.1, 0.15) is 11.5 Å². The molecule has 0 aromatic heterocycles. The van der Waals surface area contributed by atoms with E-state index in [1.807, 2.05) is 6.92 Å². The fraction of sp³-hybridized carbons (Fsp3) is 0.946. The van der Waals surface area contributed by atoms with Crippen molar-refractivity contribution in [1.82, 2.24) is 0 Å². The van der Waals surface area contributed by atoms with Gasteiger partial charge in [-0.2, -0.15) is 0 Å². The standard InChI is InChI=1S/C37H58O8/c1-20-16-22(29(32(5,6)41)43-21(2)38)44-27-26(20)34(8)14-15-37-17-36(37)13-12-25(45-30(40)33(7)18-42-19-33)31(3,4)23(36)10-11-24(37)35(34,9)28(27)39/h20,22-29,39,41H,10-19H2,1-9H3/t20-,22+,23+,24+,25+,26+,27+,28+,29+,34-,35-,36-,37+/m1/s1. The van der Waals surface area contributed by atoms with Gasteiger partial charge < -0.3 is 29.2 Å². The zero-order valence-electron chi connectivity index (χ0n) is 29.1. The molecule has 254 valence electrons. The van der Waals surface area contributed by atoms with Crippen LogP contribution in [-0.4, -0.2) is 71.5 Å². The molecule has 0 amide bonds. The van der Waals surface area contributed by atoms with E-state index in [2.05, 4.69) is 34.6 Å². The molecular formula is C37H58O8. The molecule has 0 radical (unpaired) electrons. The third kappa shape index (κ3) is 4.04. The molecular weight excluding hydrogens is 572 g/mol. The summed E-state index contributed by atoms with van der Waals surface area (Å²) in [4.78, 5) is 25.2. The van der Waals surface area contributed by atoms with E-state index in [9.17, 15) is 19.8 Å². The summed E-state index contributed by atoms with van der Waals surface area (Å²) in [6.07, 6.45) is 5.95. The summed E-state index contributed by atoms with van der Waals surface area (Å²) >= 11 is 0. The van der Waals surface area contributed by atoms with E-state index in [1.165, 1.54) is 19.8 Å². The summed E-state index contributed by atoms with van der Waals surface area (Å²) in [7, 11) is 0. The lowest BCUT2D eigenvalue weighted by molar-refractivity contribution is -0.216. The lowest BCUT2D eigenvalue weighted by Gasteiger charge is -2.63. The predicted molar refractivity (Wildman–Crippen MR) is 167 cm³/mol. The maximum atomic E-state index is 13.2. The van der Waals surface area contributed by atoms with Crippen molar-refractivity contribution >= 4 is 11.9 Å². The molecule has 13 atom stereocenters. The lowest BCUT2D eigenvalue weighted by atomic mass is 9.41. The number of carbonyl (C=O) groups is 2. The average molecular weight is 631 g/mol. The number of aliphatic hydroxyl groups is 2. The van der Waals surface area contributed by atoms with E-state index in [4.69, 9.17) is 18.9 Å². The minimum Gasteiger partial charge on any atom is -0.461 e. The van der Waals surface area contributed by atoms with Crippen molar-refractivity contribution in [2.75, 3.05) is 13.2 Å². The van der Waals surface area contributed by atoms with E-state index in [1.54, 1.807) is 13.8 Å². The highest BCUT2D eigenvalue weighted by atomic mass is 16.6. The molecule has 45 heavy (non-hydrogen) atoms. The van der Waals surface area contributed by atoms with Crippen LogP contribution in [0.3, 0.4) is 0 Å². The molecule has 2 saturated heterocycles. The van der Waals surface area contributed by atoms with Gasteiger partial charge in [-0.1, -0.05) is 34.6 Å². The molecule has 2 heterocycles. The molecule has 7 rings (SSSR count). The van der Waals surface area contributed by atoms with Crippen molar-refractivity contribution in [3.63, 3.8) is 0 Å². The van der Waals surface area contributed by atoms with Crippen LogP contribution in [0.2, 0.25) is 0 Å². The predicted octanol–water partition coefficient (Wildman–Crippen LogP) is 5.45. The van der Waals surface area contributed by atoms with Crippen LogP contribution in [0.25, 0.3) is 0 Å². The summed E-state index contributed by atoms with van der Waals surface area (Å²) in [5, 5.41) is 23.5. The number of aliphatic hydroxyl groups excluding tert-OH is 1. The summed E-state index contributed by atoms with van der Waals surface area (Å²) in [6.45, 7) is 19.3. The third-order valence-corrected chi connectivity index (χ3v) is 15.7. The number of esters is 2. The normalized spacial score (nSPS) is 51.2. The van der Waals surface area contributed by atoms with Crippen molar-refractivity contribution in [2.45, 2.75) is 150 Å². The minimum atomic E-state index is -1.26. The second-order valence-corrected chi connectivity index (χ2v) is 18.7. The first-order valence-corrected chi connectivity index (χ1v) is 17.8. The van der Waals surface area contributed by atoms with Crippen molar-refractivity contribution in [2.24, 2.45) is 56.2 Å². The number of fused-ring (bicyclic) bond motifs is 4. The molecule has 7 aliphatic rings. The van der Waals surface area contributed by atoms with Crippen molar-refractivity contribution < 1.29 is 38.7 Å². The largest absolute Gasteiger partial charge is 0.461 e. The van der Waals surface area contributed by atoms with Gasteiger partial charge in [-0.3, -0.25) is 9.59 Å². The second kappa shape index (κ2) is 9.69. The summed E-state index contributed by atoms with van der Waals surface area (Å²) in [5.74, 6) is 0.795. The van der Waals surface area contributed by atoms with Gasteiger partial charge >= 0.3 is 11.9 Å². The first kappa shape index (κ1) is 32.3. The molecule has 8 nitrogen and oxygen atoms in total. The quantitative estimate of drug-likeness (QED) is 0.386. The van der Waals surface area contributed by atoms with E-state index in [0.717, 1.165) is 32.1 Å². The Kier molecular flexibility index (Phi) is 6.96. The number of ether oxygens (including phenoxy) is 4. The smallest absolute Gasteiger partial charge is 0.316 e. The van der Waals surface area contributed by atoms with E-state index >= 15 is 0 Å². The van der Waals surface area contributed by atoms with E-state index in [0.29, 0.717) is 31.5 Å². The molecule has 5 aliphatic carbocycles. The Bertz CT molecular complexity index is 1250. The number of carbonyl (C=O) groups excluding carboxylic acids is 2. The maximum Gasteiger partial charge on any atom is 0.316 e. The molecule has 0 unspecified atom stereocenters. The highest BCUT2D eigenvalue weighted by Crippen LogP contribution is 2.89. The zero-order chi connectivity index (χ0) is 32.8. The fourth-order valence-electron chi connectivity index (χ4n) is 13.4. The first-order chi connectivity index (χ1) is 20.8. The van der Waals surface area contributed by atoms with Crippen LogP contribution in [0.5, 0.6) is 0 Å². The highest BCUT2D eigenvalue weighted by Gasteiger charge is 2.85. The van der Waals surface area contributed by atoms with Crippen molar-refractivity contribution in [3.8, 4) is 0 Å². The molecule has 0 bridgehead atoms.